The molecule has 6 aromatic carbocycles. The van der Waals surface area contributed by atoms with Gasteiger partial charge >= 0.3 is 7.12 Å². The Hall–Kier alpha value is -5.46. The standard InChI is InChI=1S/C19H20BF2NO3.C13H8BrF2NO.C7H3ClF2O.C6H6BrN/c1-18(2)19(3,4)26-20(25-18)12-8-10-13(11-9-12)23-17(24)16-14(21)6-5-7-15(16)22;14-8-4-6-9(7-5-8)17-13(18)12-10(15)2-1-3-11(12)16;8-7(11)6-4(9)2-1-3-5(6)10;7-5-1-3-6(8)4-2-5/h5-11H,1-4H3,(H,23,24);1-7H,(H,17,18);1-3H;1-4H,8H2. The van der Waals surface area contributed by atoms with Crippen molar-refractivity contribution in [3.63, 3.8) is 0 Å². The molecule has 0 atom stereocenters. The lowest BCUT2D eigenvalue weighted by molar-refractivity contribution is 0.00578. The number of carbonyl (C=O) groups excluding carboxylic acids is 3. The maximum atomic E-state index is 13.7. The SMILES string of the molecule is CC1(C)OB(c2ccc(NC(=O)c3c(F)cccc3F)cc2)OC1(C)C.Nc1ccc(Br)cc1.O=C(Cl)c1c(F)cccc1F.O=C(Nc1ccc(Br)cc1)c1c(F)cccc1F. The van der Waals surface area contributed by atoms with Crippen molar-refractivity contribution in [2.24, 2.45) is 0 Å². The fourth-order valence-electron chi connectivity index (χ4n) is 5.20. The fourth-order valence-corrected chi connectivity index (χ4v) is 5.91. The van der Waals surface area contributed by atoms with E-state index >= 15 is 0 Å². The van der Waals surface area contributed by atoms with Gasteiger partial charge in [0.25, 0.3) is 17.1 Å². The highest BCUT2D eigenvalue weighted by Crippen LogP contribution is 2.36. The molecular formula is C45H37BBr2ClF6N3O5. The molecule has 4 N–H and O–H groups in total. The molecule has 1 fully saturated rings. The number of nitrogens with one attached hydrogen (secondary N) is 2. The quantitative estimate of drug-likeness (QED) is 0.0662. The molecule has 7 rings (SSSR count). The molecule has 0 saturated carbocycles. The minimum absolute atomic E-state index is 0.415. The Morgan fingerprint density at radius 3 is 1.13 bits per heavy atom. The highest BCUT2D eigenvalue weighted by Gasteiger charge is 2.51. The first kappa shape index (κ1) is 50.2. The van der Waals surface area contributed by atoms with Gasteiger partial charge in [0, 0.05) is 26.0 Å². The van der Waals surface area contributed by atoms with E-state index in [2.05, 4.69) is 42.5 Å². The summed E-state index contributed by atoms with van der Waals surface area (Å²) in [7, 11) is -0.520. The number of benzene rings is 6. The first-order valence-corrected chi connectivity index (χ1v) is 20.4. The van der Waals surface area contributed by atoms with Crippen molar-refractivity contribution >= 4 is 90.2 Å². The Kier molecular flexibility index (Phi) is 17.7. The lowest BCUT2D eigenvalue weighted by Crippen LogP contribution is -2.41. The van der Waals surface area contributed by atoms with Crippen molar-refractivity contribution in [3.05, 3.63) is 188 Å². The van der Waals surface area contributed by atoms with Gasteiger partial charge in [0.1, 0.15) is 51.6 Å². The Balaban J connectivity index is 0.000000203. The highest BCUT2D eigenvalue weighted by molar-refractivity contribution is 9.10. The molecule has 328 valence electrons. The summed E-state index contributed by atoms with van der Waals surface area (Å²) in [5, 5.41) is 3.79. The van der Waals surface area contributed by atoms with Gasteiger partial charge in [-0.2, -0.15) is 0 Å². The van der Waals surface area contributed by atoms with E-state index in [1.165, 1.54) is 12.1 Å². The van der Waals surface area contributed by atoms with Gasteiger partial charge < -0.3 is 25.7 Å². The van der Waals surface area contributed by atoms with E-state index in [0.717, 1.165) is 62.6 Å². The molecule has 1 heterocycles. The van der Waals surface area contributed by atoms with Crippen LogP contribution >= 0.6 is 43.5 Å². The molecule has 0 aliphatic carbocycles. The van der Waals surface area contributed by atoms with Gasteiger partial charge in [-0.1, -0.05) is 62.2 Å². The number of nitrogens with two attached hydrogens (primary N) is 1. The molecule has 2 amide bonds. The molecule has 0 aromatic heterocycles. The first-order valence-electron chi connectivity index (χ1n) is 18.5. The Morgan fingerprint density at radius 2 is 0.825 bits per heavy atom. The van der Waals surface area contributed by atoms with Crippen LogP contribution in [0.1, 0.15) is 58.8 Å². The smallest absolute Gasteiger partial charge is 0.399 e. The molecule has 0 unspecified atom stereocenters. The van der Waals surface area contributed by atoms with E-state index in [1.54, 1.807) is 48.5 Å². The molecule has 18 heteroatoms. The molecule has 0 spiro atoms. The van der Waals surface area contributed by atoms with E-state index < -0.39 is 87.0 Å². The third-order valence-electron chi connectivity index (χ3n) is 9.21. The molecule has 1 aliphatic rings. The van der Waals surface area contributed by atoms with Crippen LogP contribution < -0.4 is 21.8 Å². The van der Waals surface area contributed by atoms with Gasteiger partial charge in [-0.3, -0.25) is 14.4 Å². The van der Waals surface area contributed by atoms with Crippen molar-refractivity contribution in [1.82, 2.24) is 0 Å². The summed E-state index contributed by atoms with van der Waals surface area (Å²) in [6, 6.07) is 30.7. The van der Waals surface area contributed by atoms with Crippen LogP contribution in [0.3, 0.4) is 0 Å². The molecule has 0 bridgehead atoms. The minimum atomic E-state index is -1.12. The van der Waals surface area contributed by atoms with Gasteiger partial charge in [0.15, 0.2) is 0 Å². The fraction of sp³-hybridized carbons (Fsp3) is 0.133. The summed E-state index contributed by atoms with van der Waals surface area (Å²) in [6.45, 7) is 7.85. The number of anilines is 3. The van der Waals surface area contributed by atoms with Crippen molar-refractivity contribution < 1.29 is 50.0 Å². The van der Waals surface area contributed by atoms with E-state index in [0.29, 0.717) is 11.4 Å². The lowest BCUT2D eigenvalue weighted by Gasteiger charge is -2.32. The third-order valence-corrected chi connectivity index (χ3v) is 10.5. The van der Waals surface area contributed by atoms with Gasteiger partial charge in [-0.25, -0.2) is 26.3 Å². The number of halogens is 9. The zero-order valence-electron chi connectivity index (χ0n) is 33.7. The number of hydrogen-bond acceptors (Lipinski definition) is 6. The second-order valence-electron chi connectivity index (χ2n) is 14.2. The Labute approximate surface area is 381 Å². The number of hydrogen-bond donors (Lipinski definition) is 3. The summed E-state index contributed by atoms with van der Waals surface area (Å²) in [5.41, 5.74) is 5.08. The van der Waals surface area contributed by atoms with E-state index in [9.17, 15) is 40.7 Å². The number of rotatable bonds is 6. The summed E-state index contributed by atoms with van der Waals surface area (Å²) in [5.74, 6) is -7.12. The van der Waals surface area contributed by atoms with Crippen LogP contribution in [-0.4, -0.2) is 35.4 Å². The van der Waals surface area contributed by atoms with Crippen LogP contribution in [0.15, 0.2) is 136 Å². The average molecular weight is 1020 g/mol. The van der Waals surface area contributed by atoms with Gasteiger partial charge in [-0.05, 0) is 142 Å². The second kappa shape index (κ2) is 22.3. The molecule has 1 aliphatic heterocycles. The van der Waals surface area contributed by atoms with Crippen LogP contribution in [-0.2, 0) is 9.31 Å². The zero-order chi connectivity index (χ0) is 46.6. The third kappa shape index (κ3) is 14.0. The molecule has 1 saturated heterocycles. The topological polar surface area (TPSA) is 120 Å². The Bertz CT molecular complexity index is 2460. The van der Waals surface area contributed by atoms with Crippen LogP contribution in [0.5, 0.6) is 0 Å². The van der Waals surface area contributed by atoms with Gasteiger partial charge in [-0.15, -0.1) is 0 Å². The van der Waals surface area contributed by atoms with Crippen LogP contribution in [0.2, 0.25) is 0 Å². The normalized spacial score (nSPS) is 13.2. The monoisotopic (exact) mass is 1020 g/mol. The predicted molar refractivity (Wildman–Crippen MR) is 240 cm³/mol. The second-order valence-corrected chi connectivity index (χ2v) is 16.4. The van der Waals surface area contributed by atoms with E-state index in [-0.39, 0.29) is 0 Å². The summed E-state index contributed by atoms with van der Waals surface area (Å²) in [6.07, 6.45) is 0. The minimum Gasteiger partial charge on any atom is -0.399 e. The summed E-state index contributed by atoms with van der Waals surface area (Å²) < 4.78 is 93.0. The Morgan fingerprint density at radius 1 is 0.524 bits per heavy atom. The number of amides is 2. The number of carbonyl (C=O) groups is 3. The van der Waals surface area contributed by atoms with E-state index in [1.807, 2.05) is 52.0 Å². The predicted octanol–water partition coefficient (Wildman–Crippen LogP) is 11.9. The summed E-state index contributed by atoms with van der Waals surface area (Å²) in [4.78, 5) is 34.2. The van der Waals surface area contributed by atoms with Crippen LogP contribution in [0, 0.1) is 34.9 Å². The average Bonchev–Trinajstić information content (AvgIpc) is 3.43. The lowest BCUT2D eigenvalue weighted by atomic mass is 9.79. The molecule has 6 aromatic rings. The highest BCUT2D eigenvalue weighted by atomic mass is 79.9. The summed E-state index contributed by atoms with van der Waals surface area (Å²) >= 11 is 11.4. The van der Waals surface area contributed by atoms with E-state index in [4.69, 9.17) is 26.6 Å². The molecular weight excluding hydrogens is 983 g/mol. The van der Waals surface area contributed by atoms with Crippen LogP contribution in [0.4, 0.5) is 43.4 Å². The van der Waals surface area contributed by atoms with Crippen molar-refractivity contribution in [3.8, 4) is 0 Å². The molecule has 8 nitrogen and oxygen atoms in total. The maximum Gasteiger partial charge on any atom is 0.494 e. The molecule has 63 heavy (non-hydrogen) atoms. The van der Waals surface area contributed by atoms with Gasteiger partial charge in [0.2, 0.25) is 0 Å². The van der Waals surface area contributed by atoms with Crippen molar-refractivity contribution in [2.75, 3.05) is 16.4 Å². The maximum absolute atomic E-state index is 13.7. The number of nitrogen functional groups attached to an aromatic ring is 1. The van der Waals surface area contributed by atoms with Crippen molar-refractivity contribution in [2.45, 2.75) is 38.9 Å². The van der Waals surface area contributed by atoms with Crippen molar-refractivity contribution in [1.29, 1.82) is 0 Å². The first-order chi connectivity index (χ1) is 29.6. The van der Waals surface area contributed by atoms with Crippen LogP contribution in [0.25, 0.3) is 0 Å². The molecule has 0 radical (unpaired) electrons. The zero-order valence-corrected chi connectivity index (χ0v) is 37.6. The van der Waals surface area contributed by atoms with Gasteiger partial charge in [0.05, 0.1) is 11.2 Å². The largest absolute Gasteiger partial charge is 0.494 e.